The molecule has 0 radical (unpaired) electrons. The number of likely N-dealkylation sites (N-methyl/N-ethyl adjacent to an activating group) is 1. The summed E-state index contributed by atoms with van der Waals surface area (Å²) in [5.41, 5.74) is 6.12. The predicted molar refractivity (Wildman–Crippen MR) is 76.8 cm³/mol. The molecule has 0 spiro atoms. The fraction of sp³-hybridized carbons (Fsp3) is 0.417. The minimum Gasteiger partial charge on any atom is -0.492 e. The predicted octanol–water partition coefficient (Wildman–Crippen LogP) is -0.298. The van der Waals surface area contributed by atoms with E-state index in [0.717, 1.165) is 0 Å². The first-order valence-corrected chi connectivity index (χ1v) is 7.69. The fourth-order valence-electron chi connectivity index (χ4n) is 1.43. The van der Waals surface area contributed by atoms with Crippen LogP contribution in [0.15, 0.2) is 24.3 Å². The molecule has 1 aromatic rings. The second kappa shape index (κ2) is 7.11. The molecule has 0 aromatic heterocycles. The van der Waals surface area contributed by atoms with Crippen molar-refractivity contribution in [3.8, 4) is 5.75 Å². The van der Waals surface area contributed by atoms with E-state index in [1.54, 1.807) is 24.3 Å². The van der Waals surface area contributed by atoms with Gasteiger partial charge in [0.15, 0.2) is 0 Å². The maximum atomic E-state index is 11.7. The van der Waals surface area contributed by atoms with Crippen LogP contribution in [-0.2, 0) is 14.8 Å². The summed E-state index contributed by atoms with van der Waals surface area (Å²) in [7, 11) is -2.13. The van der Waals surface area contributed by atoms with Gasteiger partial charge < -0.3 is 15.8 Å². The van der Waals surface area contributed by atoms with Crippen LogP contribution in [0.4, 0.5) is 5.69 Å². The first-order chi connectivity index (χ1) is 9.34. The van der Waals surface area contributed by atoms with Gasteiger partial charge in [0.05, 0.1) is 11.8 Å². The number of nitrogen functional groups attached to an aromatic ring is 1. The molecule has 1 rings (SSSR count). The van der Waals surface area contributed by atoms with Gasteiger partial charge in [-0.25, -0.2) is 13.1 Å². The maximum Gasteiger partial charge on any atom is 0.237 e. The number of amides is 1. The highest BCUT2D eigenvalue weighted by atomic mass is 32.2. The lowest BCUT2D eigenvalue weighted by Gasteiger charge is -2.13. The van der Waals surface area contributed by atoms with Crippen LogP contribution in [-0.4, -0.2) is 39.8 Å². The summed E-state index contributed by atoms with van der Waals surface area (Å²) < 4.78 is 31.0. The summed E-state index contributed by atoms with van der Waals surface area (Å²) in [6.45, 7) is 1.46. The number of sulfonamides is 1. The van der Waals surface area contributed by atoms with Crippen molar-refractivity contribution in [2.75, 3.05) is 25.1 Å². The molecule has 4 N–H and O–H groups in total. The number of carbonyl (C=O) groups is 1. The molecule has 0 saturated heterocycles. The van der Waals surface area contributed by atoms with E-state index in [-0.39, 0.29) is 12.4 Å². The van der Waals surface area contributed by atoms with E-state index >= 15 is 0 Å². The van der Waals surface area contributed by atoms with Gasteiger partial charge in [-0.05, 0) is 31.2 Å². The Bertz CT molecular complexity index is 542. The topological polar surface area (TPSA) is 111 Å². The average molecular weight is 301 g/mol. The van der Waals surface area contributed by atoms with E-state index in [9.17, 15) is 13.2 Å². The molecule has 7 nitrogen and oxygen atoms in total. The van der Waals surface area contributed by atoms with Crippen LogP contribution in [0.25, 0.3) is 0 Å². The van der Waals surface area contributed by atoms with Gasteiger partial charge in [0.25, 0.3) is 0 Å². The summed E-state index contributed by atoms with van der Waals surface area (Å²) in [6.07, 6.45) is 0. The Morgan fingerprint density at radius 3 is 2.50 bits per heavy atom. The van der Waals surface area contributed by atoms with Crippen molar-refractivity contribution < 1.29 is 17.9 Å². The van der Waals surface area contributed by atoms with Gasteiger partial charge >= 0.3 is 0 Å². The number of carbonyl (C=O) groups excluding carboxylic acids is 1. The molecule has 1 unspecified atom stereocenters. The highest BCUT2D eigenvalue weighted by molar-refractivity contribution is 7.89. The highest BCUT2D eigenvalue weighted by Crippen LogP contribution is 2.12. The van der Waals surface area contributed by atoms with Gasteiger partial charge in [-0.1, -0.05) is 0 Å². The largest absolute Gasteiger partial charge is 0.492 e. The number of anilines is 1. The van der Waals surface area contributed by atoms with Crippen molar-refractivity contribution >= 4 is 21.6 Å². The molecule has 8 heteroatoms. The summed E-state index contributed by atoms with van der Waals surface area (Å²) in [5.74, 6) is -0.0969. The lowest BCUT2D eigenvalue weighted by molar-refractivity contribution is -0.121. The molecule has 20 heavy (non-hydrogen) atoms. The van der Waals surface area contributed by atoms with Crippen molar-refractivity contribution in [1.29, 1.82) is 0 Å². The third-order valence-electron chi connectivity index (χ3n) is 2.50. The van der Waals surface area contributed by atoms with Crippen molar-refractivity contribution in [2.45, 2.75) is 13.0 Å². The smallest absolute Gasteiger partial charge is 0.237 e. The minimum atomic E-state index is -3.57. The van der Waals surface area contributed by atoms with Crippen molar-refractivity contribution in [1.82, 2.24) is 10.0 Å². The Morgan fingerprint density at radius 2 is 1.95 bits per heavy atom. The van der Waals surface area contributed by atoms with Gasteiger partial charge in [-0.2, -0.15) is 0 Å². The molecular weight excluding hydrogens is 282 g/mol. The number of hydrogen-bond acceptors (Lipinski definition) is 5. The summed E-state index contributed by atoms with van der Waals surface area (Å²) in [4.78, 5) is 11.2. The summed E-state index contributed by atoms with van der Waals surface area (Å²) >= 11 is 0. The standard InChI is InChI=1S/C12H19N3O4S/c1-9(12(16)14-2)15-20(17,18)8-7-19-11-5-3-10(13)4-6-11/h3-6,9,15H,7-8,13H2,1-2H3,(H,14,16). The molecule has 0 aliphatic rings. The van der Waals surface area contributed by atoms with Gasteiger partial charge in [0.2, 0.25) is 15.9 Å². The molecule has 1 aromatic carbocycles. The number of nitrogens with one attached hydrogen (secondary N) is 2. The second-order valence-corrected chi connectivity index (χ2v) is 6.06. The number of nitrogens with two attached hydrogens (primary N) is 1. The van der Waals surface area contributed by atoms with Crippen molar-refractivity contribution in [3.05, 3.63) is 24.3 Å². The maximum absolute atomic E-state index is 11.7. The van der Waals surface area contributed by atoms with E-state index in [0.29, 0.717) is 11.4 Å². The van der Waals surface area contributed by atoms with Crippen LogP contribution in [0.2, 0.25) is 0 Å². The molecule has 112 valence electrons. The van der Waals surface area contributed by atoms with E-state index in [1.165, 1.54) is 14.0 Å². The zero-order chi connectivity index (χ0) is 15.2. The Labute approximate surface area is 118 Å². The van der Waals surface area contributed by atoms with Crippen molar-refractivity contribution in [2.24, 2.45) is 0 Å². The summed E-state index contributed by atoms with van der Waals surface area (Å²) in [6, 6.07) is 5.82. The van der Waals surface area contributed by atoms with E-state index < -0.39 is 22.0 Å². The Kier molecular flexibility index (Phi) is 5.78. The normalized spacial score (nSPS) is 12.7. The highest BCUT2D eigenvalue weighted by Gasteiger charge is 2.19. The van der Waals surface area contributed by atoms with Gasteiger partial charge in [-0.3, -0.25) is 4.79 Å². The lowest BCUT2D eigenvalue weighted by atomic mass is 10.3. The van der Waals surface area contributed by atoms with Crippen LogP contribution >= 0.6 is 0 Å². The van der Waals surface area contributed by atoms with E-state index in [4.69, 9.17) is 10.5 Å². The Hall–Kier alpha value is -1.80. The number of ether oxygens (including phenoxy) is 1. The number of hydrogen-bond donors (Lipinski definition) is 3. The number of rotatable bonds is 7. The molecule has 0 aliphatic carbocycles. The SMILES string of the molecule is CNC(=O)C(C)NS(=O)(=O)CCOc1ccc(N)cc1. The monoisotopic (exact) mass is 301 g/mol. The Morgan fingerprint density at radius 1 is 1.35 bits per heavy atom. The molecule has 0 saturated carbocycles. The fourth-order valence-corrected chi connectivity index (χ4v) is 2.50. The average Bonchev–Trinajstić information content (AvgIpc) is 2.39. The molecule has 0 fully saturated rings. The van der Waals surface area contributed by atoms with Crippen LogP contribution in [0, 0.1) is 0 Å². The minimum absolute atomic E-state index is 0.0142. The van der Waals surface area contributed by atoms with Crippen LogP contribution in [0.3, 0.4) is 0 Å². The van der Waals surface area contributed by atoms with Crippen LogP contribution in [0.1, 0.15) is 6.92 Å². The molecular formula is C12H19N3O4S. The quantitative estimate of drug-likeness (QED) is 0.599. The van der Waals surface area contributed by atoms with Crippen LogP contribution < -0.4 is 20.5 Å². The van der Waals surface area contributed by atoms with E-state index in [1.807, 2.05) is 0 Å². The lowest BCUT2D eigenvalue weighted by Crippen LogP contribution is -2.44. The molecule has 0 aliphatic heterocycles. The van der Waals surface area contributed by atoms with Gasteiger partial charge in [-0.15, -0.1) is 0 Å². The second-order valence-electron chi connectivity index (χ2n) is 4.19. The van der Waals surface area contributed by atoms with Gasteiger partial charge in [0.1, 0.15) is 12.4 Å². The Balaban J connectivity index is 2.43. The summed E-state index contributed by atoms with van der Waals surface area (Å²) in [5, 5.41) is 2.37. The molecule has 0 heterocycles. The molecule has 1 amide bonds. The molecule has 1 atom stereocenters. The zero-order valence-electron chi connectivity index (χ0n) is 11.4. The van der Waals surface area contributed by atoms with Gasteiger partial charge in [0, 0.05) is 12.7 Å². The van der Waals surface area contributed by atoms with Crippen molar-refractivity contribution in [3.63, 3.8) is 0 Å². The first-order valence-electron chi connectivity index (χ1n) is 6.04. The van der Waals surface area contributed by atoms with Crippen LogP contribution in [0.5, 0.6) is 5.75 Å². The first kappa shape index (κ1) is 16.3. The zero-order valence-corrected chi connectivity index (χ0v) is 12.2. The third kappa shape index (κ3) is 5.45. The van der Waals surface area contributed by atoms with E-state index in [2.05, 4.69) is 10.0 Å². The number of benzene rings is 1. The third-order valence-corrected chi connectivity index (χ3v) is 3.91. The molecule has 0 bridgehead atoms.